The minimum Gasteiger partial charge on any atom is -0.344 e. The van der Waals surface area contributed by atoms with E-state index in [0.29, 0.717) is 12.6 Å². The highest BCUT2D eigenvalue weighted by Crippen LogP contribution is 2.14. The minimum absolute atomic E-state index is 0.131. The number of halogens is 2. The first-order chi connectivity index (χ1) is 11.0. The summed E-state index contributed by atoms with van der Waals surface area (Å²) in [5.41, 5.74) is 6.93. The Kier molecular flexibility index (Phi) is 5.37. The zero-order valence-corrected chi connectivity index (χ0v) is 12.1. The fourth-order valence-electron chi connectivity index (χ4n) is 1.90. The Morgan fingerprint density at radius 1 is 1.00 bits per heavy atom. The second-order valence-electron chi connectivity index (χ2n) is 4.79. The van der Waals surface area contributed by atoms with Gasteiger partial charge in [-0.3, -0.25) is 9.59 Å². The smallest absolute Gasteiger partial charge is 0.313 e. The Labute approximate surface area is 131 Å². The molecule has 0 aliphatic rings. The van der Waals surface area contributed by atoms with E-state index in [0.717, 1.165) is 23.3 Å². The maximum Gasteiger partial charge on any atom is 0.313 e. The van der Waals surface area contributed by atoms with E-state index >= 15 is 0 Å². The molecule has 0 saturated carbocycles. The average molecular weight is 319 g/mol. The van der Waals surface area contributed by atoms with Crippen molar-refractivity contribution in [3.63, 3.8) is 0 Å². The van der Waals surface area contributed by atoms with Gasteiger partial charge in [0.2, 0.25) is 0 Å². The second-order valence-corrected chi connectivity index (χ2v) is 4.79. The Morgan fingerprint density at radius 3 is 2.43 bits per heavy atom. The van der Waals surface area contributed by atoms with Crippen LogP contribution in [0.2, 0.25) is 0 Å². The third-order valence-electron chi connectivity index (χ3n) is 3.07. The molecule has 2 amide bonds. The van der Waals surface area contributed by atoms with Crippen molar-refractivity contribution >= 4 is 17.5 Å². The molecule has 0 unspecified atom stereocenters. The Hall–Kier alpha value is -2.80. The molecule has 2 rings (SSSR count). The van der Waals surface area contributed by atoms with Gasteiger partial charge in [0.05, 0.1) is 5.69 Å². The van der Waals surface area contributed by atoms with Crippen LogP contribution in [0.3, 0.4) is 0 Å². The highest BCUT2D eigenvalue weighted by Gasteiger charge is 2.15. The van der Waals surface area contributed by atoms with Gasteiger partial charge < -0.3 is 16.4 Å². The summed E-state index contributed by atoms with van der Waals surface area (Å²) in [5.74, 6) is -3.69. The lowest BCUT2D eigenvalue weighted by molar-refractivity contribution is -0.136. The standard InChI is InChI=1S/C16H15F2N3O2/c17-12-4-5-14(13(18)7-12)21-16(23)15(22)20-9-11-3-1-2-10(6-11)8-19/h1-7H,8-9,19H2,(H,20,22)(H,21,23). The predicted octanol–water partition coefficient (Wildman–Crippen LogP) is 1.68. The normalized spacial score (nSPS) is 10.2. The van der Waals surface area contributed by atoms with Crippen molar-refractivity contribution in [3.8, 4) is 0 Å². The summed E-state index contributed by atoms with van der Waals surface area (Å²) in [6.45, 7) is 0.498. The van der Waals surface area contributed by atoms with E-state index in [9.17, 15) is 18.4 Å². The van der Waals surface area contributed by atoms with Crippen molar-refractivity contribution in [1.82, 2.24) is 5.32 Å². The quantitative estimate of drug-likeness (QED) is 0.750. The molecule has 0 aliphatic carbocycles. The third-order valence-corrected chi connectivity index (χ3v) is 3.07. The first kappa shape index (κ1) is 16.6. The minimum atomic E-state index is -1.04. The molecule has 4 N–H and O–H groups in total. The molecule has 0 atom stereocenters. The first-order valence-electron chi connectivity index (χ1n) is 6.81. The molecule has 2 aromatic carbocycles. The summed E-state index contributed by atoms with van der Waals surface area (Å²) in [5, 5.41) is 4.50. The summed E-state index contributed by atoms with van der Waals surface area (Å²) in [6, 6.07) is 9.85. The fraction of sp³-hybridized carbons (Fsp3) is 0.125. The molecule has 7 heteroatoms. The van der Waals surface area contributed by atoms with E-state index < -0.39 is 23.4 Å². The van der Waals surface area contributed by atoms with Crippen LogP contribution in [-0.2, 0) is 22.7 Å². The van der Waals surface area contributed by atoms with E-state index in [2.05, 4.69) is 10.6 Å². The monoisotopic (exact) mass is 319 g/mol. The predicted molar refractivity (Wildman–Crippen MR) is 81.2 cm³/mol. The molecular weight excluding hydrogens is 304 g/mol. The number of nitrogens with two attached hydrogens (primary N) is 1. The number of nitrogens with one attached hydrogen (secondary N) is 2. The largest absolute Gasteiger partial charge is 0.344 e. The Balaban J connectivity index is 1.93. The van der Waals surface area contributed by atoms with E-state index in [4.69, 9.17) is 5.73 Å². The molecule has 0 aliphatic heterocycles. The van der Waals surface area contributed by atoms with E-state index in [1.54, 1.807) is 18.2 Å². The summed E-state index contributed by atoms with van der Waals surface area (Å²) in [7, 11) is 0. The number of rotatable bonds is 4. The third kappa shape index (κ3) is 4.58. The number of hydrogen-bond donors (Lipinski definition) is 3. The van der Waals surface area contributed by atoms with Crippen LogP contribution in [0.4, 0.5) is 14.5 Å². The van der Waals surface area contributed by atoms with Gasteiger partial charge in [0.25, 0.3) is 0 Å². The highest BCUT2D eigenvalue weighted by atomic mass is 19.1. The van der Waals surface area contributed by atoms with Crippen molar-refractivity contribution in [2.24, 2.45) is 5.73 Å². The van der Waals surface area contributed by atoms with Crippen LogP contribution in [0.25, 0.3) is 0 Å². The molecule has 120 valence electrons. The van der Waals surface area contributed by atoms with Crippen LogP contribution in [0, 0.1) is 11.6 Å². The Morgan fingerprint density at radius 2 is 1.74 bits per heavy atom. The molecule has 0 fully saturated rings. The maximum atomic E-state index is 13.4. The van der Waals surface area contributed by atoms with Crippen molar-refractivity contribution in [3.05, 3.63) is 65.2 Å². The highest BCUT2D eigenvalue weighted by molar-refractivity contribution is 6.39. The van der Waals surface area contributed by atoms with Crippen LogP contribution < -0.4 is 16.4 Å². The number of hydrogen-bond acceptors (Lipinski definition) is 3. The van der Waals surface area contributed by atoms with Gasteiger partial charge in [-0.05, 0) is 23.3 Å². The molecule has 0 saturated heterocycles. The van der Waals surface area contributed by atoms with E-state index in [-0.39, 0.29) is 12.2 Å². The van der Waals surface area contributed by atoms with Gasteiger partial charge in [0.1, 0.15) is 11.6 Å². The molecule has 23 heavy (non-hydrogen) atoms. The van der Waals surface area contributed by atoms with Crippen LogP contribution in [0.5, 0.6) is 0 Å². The summed E-state index contributed by atoms with van der Waals surface area (Å²) in [4.78, 5) is 23.4. The molecule has 5 nitrogen and oxygen atoms in total. The van der Waals surface area contributed by atoms with Crippen molar-refractivity contribution in [1.29, 1.82) is 0 Å². The molecule has 0 bridgehead atoms. The van der Waals surface area contributed by atoms with E-state index in [1.165, 1.54) is 0 Å². The number of carbonyl (C=O) groups is 2. The summed E-state index contributed by atoms with van der Waals surface area (Å²) < 4.78 is 26.2. The lowest BCUT2D eigenvalue weighted by Gasteiger charge is -2.08. The van der Waals surface area contributed by atoms with Crippen LogP contribution in [0.15, 0.2) is 42.5 Å². The first-order valence-corrected chi connectivity index (χ1v) is 6.81. The zero-order valence-electron chi connectivity index (χ0n) is 12.1. The van der Waals surface area contributed by atoms with Gasteiger partial charge in [-0.1, -0.05) is 24.3 Å². The fourth-order valence-corrected chi connectivity index (χ4v) is 1.90. The topological polar surface area (TPSA) is 84.2 Å². The molecule has 0 spiro atoms. The molecule has 2 aromatic rings. The number of amides is 2. The molecule has 0 radical (unpaired) electrons. The van der Waals surface area contributed by atoms with Crippen molar-refractivity contribution < 1.29 is 18.4 Å². The average Bonchev–Trinajstić information content (AvgIpc) is 2.55. The summed E-state index contributed by atoms with van der Waals surface area (Å²) in [6.07, 6.45) is 0. The molecule has 0 heterocycles. The zero-order chi connectivity index (χ0) is 16.8. The van der Waals surface area contributed by atoms with Gasteiger partial charge in [-0.2, -0.15) is 0 Å². The van der Waals surface area contributed by atoms with Gasteiger partial charge in [-0.15, -0.1) is 0 Å². The SMILES string of the molecule is NCc1cccc(CNC(=O)C(=O)Nc2ccc(F)cc2F)c1. The molecule has 0 aromatic heterocycles. The number of benzene rings is 2. The van der Waals surface area contributed by atoms with Crippen LogP contribution in [0.1, 0.15) is 11.1 Å². The number of carbonyl (C=O) groups excluding carboxylic acids is 2. The van der Waals surface area contributed by atoms with Gasteiger partial charge >= 0.3 is 11.8 Å². The molecular formula is C16H15F2N3O2. The van der Waals surface area contributed by atoms with Gasteiger partial charge in [0.15, 0.2) is 0 Å². The second kappa shape index (κ2) is 7.46. The van der Waals surface area contributed by atoms with Gasteiger partial charge in [-0.25, -0.2) is 8.78 Å². The van der Waals surface area contributed by atoms with Crippen LogP contribution in [-0.4, -0.2) is 11.8 Å². The van der Waals surface area contributed by atoms with E-state index in [1.807, 2.05) is 6.07 Å². The number of anilines is 1. The maximum absolute atomic E-state index is 13.4. The lowest BCUT2D eigenvalue weighted by atomic mass is 10.1. The Bertz CT molecular complexity index is 735. The van der Waals surface area contributed by atoms with Crippen molar-refractivity contribution in [2.75, 3.05) is 5.32 Å². The van der Waals surface area contributed by atoms with Gasteiger partial charge in [0, 0.05) is 19.2 Å². The summed E-state index contributed by atoms with van der Waals surface area (Å²) >= 11 is 0. The van der Waals surface area contributed by atoms with Crippen molar-refractivity contribution in [2.45, 2.75) is 13.1 Å². The van der Waals surface area contributed by atoms with Crippen LogP contribution >= 0.6 is 0 Å². The lowest BCUT2D eigenvalue weighted by Crippen LogP contribution is -2.35.